The molecule has 0 unspecified atom stereocenters. The summed E-state index contributed by atoms with van der Waals surface area (Å²) >= 11 is 1.63. The molecule has 0 fully saturated rings. The van der Waals surface area contributed by atoms with Crippen LogP contribution in [0.25, 0.3) is 0 Å². The summed E-state index contributed by atoms with van der Waals surface area (Å²) in [6.45, 7) is 5.52. The molecule has 1 N–H and O–H groups in total. The number of thiophene rings is 1. The van der Waals surface area contributed by atoms with Crippen molar-refractivity contribution in [2.75, 3.05) is 0 Å². The van der Waals surface area contributed by atoms with Crippen LogP contribution in [0.5, 0.6) is 0 Å². The summed E-state index contributed by atoms with van der Waals surface area (Å²) in [5.74, 6) is -0.472. The first-order chi connectivity index (χ1) is 10.9. The molecule has 23 heavy (non-hydrogen) atoms. The Morgan fingerprint density at radius 1 is 1.35 bits per heavy atom. The molecule has 0 saturated heterocycles. The van der Waals surface area contributed by atoms with E-state index in [2.05, 4.69) is 17.5 Å². The van der Waals surface area contributed by atoms with Gasteiger partial charge in [-0.05, 0) is 38.5 Å². The monoisotopic (exact) mass is 331 g/mol. The van der Waals surface area contributed by atoms with Crippen LogP contribution in [0.1, 0.15) is 39.5 Å². The minimum atomic E-state index is -0.501. The van der Waals surface area contributed by atoms with E-state index in [-0.39, 0.29) is 11.3 Å². The number of nitrogens with one attached hydrogen (secondary N) is 1. The highest BCUT2D eigenvalue weighted by atomic mass is 32.1. The fraction of sp³-hybridized carbons (Fsp3) is 0.250. The molecular weight excluding hydrogens is 314 g/mol. The average Bonchev–Trinajstić information content (AvgIpc) is 3.01. The van der Waals surface area contributed by atoms with Gasteiger partial charge in [0.2, 0.25) is 0 Å². The minimum Gasteiger partial charge on any atom is -0.267 e. The normalized spacial score (nSPS) is 11.3. The van der Waals surface area contributed by atoms with Crippen molar-refractivity contribution in [1.29, 1.82) is 0 Å². The second-order valence-corrected chi connectivity index (χ2v) is 6.18. The molecule has 0 radical (unpaired) electrons. The quantitative estimate of drug-likeness (QED) is 0.515. The summed E-state index contributed by atoms with van der Waals surface area (Å²) in [4.78, 5) is 24.7. The topological polar surface area (TPSA) is 84.6 Å². The van der Waals surface area contributed by atoms with Gasteiger partial charge in [-0.1, -0.05) is 13.0 Å². The Morgan fingerprint density at radius 3 is 2.70 bits per heavy atom. The molecule has 0 bridgehead atoms. The van der Waals surface area contributed by atoms with Crippen LogP contribution in [0, 0.1) is 17.0 Å². The fourth-order valence-corrected chi connectivity index (χ4v) is 2.86. The molecule has 0 aliphatic carbocycles. The molecule has 2 aromatic rings. The van der Waals surface area contributed by atoms with Crippen molar-refractivity contribution in [1.82, 2.24) is 5.43 Å². The third kappa shape index (κ3) is 4.01. The van der Waals surface area contributed by atoms with E-state index < -0.39 is 10.8 Å². The van der Waals surface area contributed by atoms with Crippen molar-refractivity contribution in [3.63, 3.8) is 0 Å². The van der Waals surface area contributed by atoms with Crippen molar-refractivity contribution in [3.05, 3.63) is 61.3 Å². The van der Waals surface area contributed by atoms with Crippen molar-refractivity contribution in [2.45, 2.75) is 27.2 Å². The Bertz CT molecular complexity index is 781. The minimum absolute atomic E-state index is 0.0794. The highest BCUT2D eigenvalue weighted by Crippen LogP contribution is 2.20. The molecule has 6 nitrogen and oxygen atoms in total. The highest BCUT2D eigenvalue weighted by Gasteiger charge is 2.14. The fourth-order valence-electron chi connectivity index (χ4n) is 1.96. The predicted molar refractivity (Wildman–Crippen MR) is 91.2 cm³/mol. The number of benzene rings is 1. The van der Waals surface area contributed by atoms with Crippen molar-refractivity contribution < 1.29 is 9.72 Å². The SMILES string of the molecule is CCc1ccc(/C(C)=N\NC(=O)c2ccc(C)c([N+](=O)[O-])c2)s1. The Hall–Kier alpha value is -2.54. The molecule has 1 aromatic heterocycles. The molecule has 0 atom stereocenters. The van der Waals surface area contributed by atoms with E-state index >= 15 is 0 Å². The van der Waals surface area contributed by atoms with Gasteiger partial charge in [-0.3, -0.25) is 14.9 Å². The molecule has 1 amide bonds. The molecule has 120 valence electrons. The number of nitrogens with zero attached hydrogens (tertiary/aromatic N) is 2. The molecule has 2 rings (SSSR count). The van der Waals surface area contributed by atoms with E-state index in [0.29, 0.717) is 11.3 Å². The Morgan fingerprint density at radius 2 is 2.09 bits per heavy atom. The van der Waals surface area contributed by atoms with E-state index in [1.54, 1.807) is 30.4 Å². The third-order valence-corrected chi connectivity index (χ3v) is 4.70. The summed E-state index contributed by atoms with van der Waals surface area (Å²) in [5, 5.41) is 15.0. The second kappa shape index (κ2) is 7.15. The van der Waals surface area contributed by atoms with Gasteiger partial charge in [0.25, 0.3) is 11.6 Å². The van der Waals surface area contributed by atoms with Crippen molar-refractivity contribution in [3.8, 4) is 0 Å². The first-order valence-corrected chi connectivity index (χ1v) is 7.92. The second-order valence-electron chi connectivity index (χ2n) is 5.02. The number of hydrogen-bond donors (Lipinski definition) is 1. The maximum Gasteiger partial charge on any atom is 0.273 e. The van der Waals surface area contributed by atoms with Crippen LogP contribution in [0.2, 0.25) is 0 Å². The number of carbonyl (C=O) groups excluding carboxylic acids is 1. The number of hydrogen-bond acceptors (Lipinski definition) is 5. The number of hydrazone groups is 1. The Labute approximate surface area is 138 Å². The van der Waals surface area contributed by atoms with Crippen LogP contribution < -0.4 is 5.43 Å². The van der Waals surface area contributed by atoms with E-state index in [4.69, 9.17) is 0 Å². The van der Waals surface area contributed by atoms with Gasteiger partial charge < -0.3 is 0 Å². The van der Waals surface area contributed by atoms with Crippen LogP contribution in [-0.4, -0.2) is 16.5 Å². The zero-order chi connectivity index (χ0) is 17.0. The van der Waals surface area contributed by atoms with E-state index in [9.17, 15) is 14.9 Å². The van der Waals surface area contributed by atoms with Gasteiger partial charge in [0.05, 0.1) is 15.5 Å². The maximum absolute atomic E-state index is 12.1. The van der Waals surface area contributed by atoms with Gasteiger partial charge in [-0.2, -0.15) is 5.10 Å². The lowest BCUT2D eigenvalue weighted by atomic mass is 10.1. The van der Waals surface area contributed by atoms with Crippen molar-refractivity contribution in [2.24, 2.45) is 5.10 Å². The zero-order valence-corrected chi connectivity index (χ0v) is 13.9. The molecule has 0 spiro atoms. The van der Waals surface area contributed by atoms with Gasteiger partial charge in [0, 0.05) is 22.1 Å². The van der Waals surface area contributed by atoms with Crippen LogP contribution in [-0.2, 0) is 6.42 Å². The molecule has 1 heterocycles. The number of carbonyl (C=O) groups is 1. The molecule has 1 aromatic carbocycles. The number of nitro benzene ring substituents is 1. The maximum atomic E-state index is 12.1. The Kier molecular flexibility index (Phi) is 5.23. The number of rotatable bonds is 5. The summed E-state index contributed by atoms with van der Waals surface area (Å²) in [7, 11) is 0. The number of amides is 1. The van der Waals surface area contributed by atoms with Crippen molar-refractivity contribution >= 4 is 28.6 Å². The first kappa shape index (κ1) is 16.8. The smallest absolute Gasteiger partial charge is 0.267 e. The molecule has 0 aliphatic heterocycles. The van der Waals surface area contributed by atoms with Gasteiger partial charge in [-0.25, -0.2) is 5.43 Å². The van der Waals surface area contributed by atoms with Gasteiger partial charge in [0.1, 0.15) is 0 Å². The van der Waals surface area contributed by atoms with E-state index in [1.165, 1.54) is 10.9 Å². The molecular formula is C16H17N3O3S. The van der Waals surface area contributed by atoms with Crippen LogP contribution in [0.4, 0.5) is 5.69 Å². The predicted octanol–water partition coefficient (Wildman–Crippen LogP) is 3.68. The average molecular weight is 331 g/mol. The van der Waals surface area contributed by atoms with E-state index in [1.807, 2.05) is 19.1 Å². The first-order valence-electron chi connectivity index (χ1n) is 7.11. The summed E-state index contributed by atoms with van der Waals surface area (Å²) in [6.07, 6.45) is 0.956. The van der Waals surface area contributed by atoms with Crippen LogP contribution in [0.15, 0.2) is 35.4 Å². The summed E-state index contributed by atoms with van der Waals surface area (Å²) in [6, 6.07) is 8.35. The third-order valence-electron chi connectivity index (χ3n) is 3.36. The van der Waals surface area contributed by atoms with E-state index in [0.717, 1.165) is 11.3 Å². The Balaban J connectivity index is 2.14. The van der Waals surface area contributed by atoms with Crippen LogP contribution >= 0.6 is 11.3 Å². The lowest BCUT2D eigenvalue weighted by molar-refractivity contribution is -0.385. The number of nitro groups is 1. The summed E-state index contributed by atoms with van der Waals surface area (Å²) in [5.41, 5.74) is 3.78. The van der Waals surface area contributed by atoms with Gasteiger partial charge in [0.15, 0.2) is 0 Å². The highest BCUT2D eigenvalue weighted by molar-refractivity contribution is 7.14. The standard InChI is InChI=1S/C16H17N3O3S/c1-4-13-7-8-15(23-13)11(3)17-18-16(20)12-6-5-10(2)14(9-12)19(21)22/h5-9H,4H2,1-3H3,(H,18,20)/b17-11-. The lowest BCUT2D eigenvalue weighted by Gasteiger charge is -2.03. The zero-order valence-electron chi connectivity index (χ0n) is 13.1. The molecule has 0 aliphatic rings. The molecule has 7 heteroatoms. The lowest BCUT2D eigenvalue weighted by Crippen LogP contribution is -2.19. The number of aryl methyl sites for hydroxylation is 2. The summed E-state index contributed by atoms with van der Waals surface area (Å²) < 4.78 is 0. The van der Waals surface area contributed by atoms with Crippen LogP contribution in [0.3, 0.4) is 0 Å². The van der Waals surface area contributed by atoms with Gasteiger partial charge >= 0.3 is 0 Å². The van der Waals surface area contributed by atoms with Gasteiger partial charge in [-0.15, -0.1) is 11.3 Å². The largest absolute Gasteiger partial charge is 0.273 e. The molecule has 0 saturated carbocycles.